The van der Waals surface area contributed by atoms with Gasteiger partial charge in [0.15, 0.2) is 0 Å². The molecule has 0 aliphatic carbocycles. The van der Waals surface area contributed by atoms with Gasteiger partial charge >= 0.3 is 0 Å². The number of carbonyl (C=O) groups is 1. The van der Waals surface area contributed by atoms with Gasteiger partial charge in [0.05, 0.1) is 15.6 Å². The smallest absolute Gasteiger partial charge is 0.269 e. The molecule has 1 aliphatic heterocycles. The number of rotatable bonds is 7. The number of hydrogen-bond donors (Lipinski definition) is 0. The molecule has 0 fully saturated rings. The van der Waals surface area contributed by atoms with Crippen LogP contribution in [0.3, 0.4) is 0 Å². The Kier molecular flexibility index (Phi) is 6.23. The van der Waals surface area contributed by atoms with E-state index in [1.807, 2.05) is 48.2 Å². The third-order valence-corrected chi connectivity index (χ3v) is 5.51. The Balaban J connectivity index is 1.53. The second-order valence-electron chi connectivity index (χ2n) is 7.43. The summed E-state index contributed by atoms with van der Waals surface area (Å²) in [6.07, 6.45) is 2.72. The van der Waals surface area contributed by atoms with E-state index < -0.39 is 4.92 Å². The molecule has 0 N–H and O–H groups in total. The highest BCUT2D eigenvalue weighted by Gasteiger charge is 2.31. The van der Waals surface area contributed by atoms with Crippen molar-refractivity contribution >= 4 is 40.5 Å². The van der Waals surface area contributed by atoms with E-state index in [1.54, 1.807) is 24.3 Å². The lowest BCUT2D eigenvalue weighted by atomic mass is 10.0. The molecule has 32 heavy (non-hydrogen) atoms. The fourth-order valence-electron chi connectivity index (χ4n) is 3.66. The van der Waals surface area contributed by atoms with E-state index in [2.05, 4.69) is 0 Å². The molecule has 4 rings (SSSR count). The van der Waals surface area contributed by atoms with Gasteiger partial charge < -0.3 is 9.64 Å². The summed E-state index contributed by atoms with van der Waals surface area (Å²) >= 11 is 6.42. The second kappa shape index (κ2) is 9.24. The molecule has 0 atom stereocenters. The van der Waals surface area contributed by atoms with Crippen molar-refractivity contribution in [3.8, 4) is 5.75 Å². The van der Waals surface area contributed by atoms with Crippen molar-refractivity contribution in [1.82, 2.24) is 0 Å². The van der Waals surface area contributed by atoms with Crippen LogP contribution >= 0.6 is 11.6 Å². The van der Waals surface area contributed by atoms with E-state index in [9.17, 15) is 14.9 Å². The van der Waals surface area contributed by atoms with E-state index in [0.29, 0.717) is 22.9 Å². The number of non-ortho nitro benzene ring substituents is 1. The number of hydrogen-bond acceptors (Lipinski definition) is 4. The number of nitro groups is 1. The summed E-state index contributed by atoms with van der Waals surface area (Å²) in [6.45, 7) is 2.95. The molecule has 162 valence electrons. The number of benzene rings is 3. The number of nitro benzene ring substituents is 1. The summed E-state index contributed by atoms with van der Waals surface area (Å²) in [5.41, 5.74) is 4.12. The van der Waals surface area contributed by atoms with Crippen LogP contribution in [0, 0.1) is 10.1 Å². The zero-order chi connectivity index (χ0) is 22.7. The SMILES string of the molecule is CCCN1C(=O)/C(=C\c2ccc(OCc3ccc([N+](=O)[O-])cc3)c(Cl)c2)c2ccccc21. The molecule has 0 radical (unpaired) electrons. The lowest BCUT2D eigenvalue weighted by Crippen LogP contribution is -2.26. The zero-order valence-corrected chi connectivity index (χ0v) is 18.2. The van der Waals surface area contributed by atoms with Gasteiger partial charge in [0.2, 0.25) is 0 Å². The first kappa shape index (κ1) is 21.6. The first-order valence-corrected chi connectivity index (χ1v) is 10.6. The highest BCUT2D eigenvalue weighted by molar-refractivity contribution is 6.36. The number of fused-ring (bicyclic) bond motifs is 1. The van der Waals surface area contributed by atoms with E-state index in [-0.39, 0.29) is 18.2 Å². The molecule has 0 unspecified atom stereocenters. The quantitative estimate of drug-likeness (QED) is 0.248. The maximum Gasteiger partial charge on any atom is 0.269 e. The Morgan fingerprint density at radius 1 is 1.09 bits per heavy atom. The molecule has 7 heteroatoms. The van der Waals surface area contributed by atoms with Crippen molar-refractivity contribution in [2.75, 3.05) is 11.4 Å². The number of ether oxygens (including phenoxy) is 1. The molecule has 0 saturated heterocycles. The summed E-state index contributed by atoms with van der Waals surface area (Å²) in [7, 11) is 0. The van der Waals surface area contributed by atoms with Crippen molar-refractivity contribution in [2.45, 2.75) is 20.0 Å². The van der Waals surface area contributed by atoms with Crippen LogP contribution in [0.1, 0.15) is 30.0 Å². The number of amides is 1. The lowest BCUT2D eigenvalue weighted by molar-refractivity contribution is -0.384. The predicted octanol–water partition coefficient (Wildman–Crippen LogP) is 6.12. The first-order valence-electron chi connectivity index (χ1n) is 10.3. The van der Waals surface area contributed by atoms with Crippen LogP contribution in [0.25, 0.3) is 11.6 Å². The molecule has 0 bridgehead atoms. The van der Waals surface area contributed by atoms with Gasteiger partial charge in [0.1, 0.15) is 12.4 Å². The largest absolute Gasteiger partial charge is 0.487 e. The number of halogens is 1. The van der Waals surface area contributed by atoms with E-state index >= 15 is 0 Å². The van der Waals surface area contributed by atoms with Crippen LogP contribution in [-0.2, 0) is 11.4 Å². The molecular formula is C25H21ClN2O4. The van der Waals surface area contributed by atoms with Gasteiger partial charge in [-0.3, -0.25) is 14.9 Å². The minimum atomic E-state index is -0.441. The van der Waals surface area contributed by atoms with Crippen LogP contribution in [0.4, 0.5) is 11.4 Å². The van der Waals surface area contributed by atoms with Gasteiger partial charge in [-0.2, -0.15) is 0 Å². The monoisotopic (exact) mass is 448 g/mol. The fraction of sp³-hybridized carbons (Fsp3) is 0.160. The molecule has 0 saturated carbocycles. The van der Waals surface area contributed by atoms with Crippen LogP contribution in [0.2, 0.25) is 5.02 Å². The summed E-state index contributed by atoms with van der Waals surface area (Å²) in [4.78, 5) is 25.1. The van der Waals surface area contributed by atoms with Crippen LogP contribution in [-0.4, -0.2) is 17.4 Å². The van der Waals surface area contributed by atoms with Gasteiger partial charge in [0, 0.05) is 29.8 Å². The highest BCUT2D eigenvalue weighted by Crippen LogP contribution is 2.38. The number of anilines is 1. The summed E-state index contributed by atoms with van der Waals surface area (Å²) in [6, 6.07) is 19.3. The Morgan fingerprint density at radius 3 is 2.53 bits per heavy atom. The highest BCUT2D eigenvalue weighted by atomic mass is 35.5. The average Bonchev–Trinajstić information content (AvgIpc) is 3.05. The summed E-state index contributed by atoms with van der Waals surface area (Å²) < 4.78 is 5.78. The number of nitrogens with zero attached hydrogens (tertiary/aromatic N) is 2. The second-order valence-corrected chi connectivity index (χ2v) is 7.84. The van der Waals surface area contributed by atoms with Crippen molar-refractivity contribution in [2.24, 2.45) is 0 Å². The maximum absolute atomic E-state index is 13.0. The summed E-state index contributed by atoms with van der Waals surface area (Å²) in [5.74, 6) is 0.487. The van der Waals surface area contributed by atoms with Crippen molar-refractivity contribution < 1.29 is 14.5 Å². The van der Waals surface area contributed by atoms with Crippen molar-refractivity contribution in [3.63, 3.8) is 0 Å². The number of para-hydroxylation sites is 1. The minimum Gasteiger partial charge on any atom is -0.487 e. The molecule has 0 aromatic heterocycles. The molecule has 3 aromatic rings. The van der Waals surface area contributed by atoms with E-state index in [1.165, 1.54) is 12.1 Å². The standard InChI is InChI=1S/C25H21ClN2O4/c1-2-13-27-23-6-4-3-5-20(23)21(25(27)29)14-18-9-12-24(22(26)15-18)32-16-17-7-10-19(11-8-17)28(30)31/h3-12,14-15H,2,13,16H2,1H3/b21-14-. The fourth-order valence-corrected chi connectivity index (χ4v) is 3.90. The Morgan fingerprint density at radius 2 is 1.84 bits per heavy atom. The molecule has 1 aliphatic rings. The lowest BCUT2D eigenvalue weighted by Gasteiger charge is -2.15. The molecule has 6 nitrogen and oxygen atoms in total. The first-order chi connectivity index (χ1) is 15.5. The third kappa shape index (κ3) is 4.36. The molecule has 3 aromatic carbocycles. The Bertz CT molecular complexity index is 1200. The van der Waals surface area contributed by atoms with Crippen molar-refractivity contribution in [1.29, 1.82) is 0 Å². The van der Waals surface area contributed by atoms with Gasteiger partial charge in [-0.05, 0) is 54.0 Å². The van der Waals surface area contributed by atoms with Crippen molar-refractivity contribution in [3.05, 3.63) is 98.6 Å². The van der Waals surface area contributed by atoms with E-state index in [0.717, 1.165) is 28.8 Å². The molecule has 1 amide bonds. The third-order valence-electron chi connectivity index (χ3n) is 5.22. The van der Waals surface area contributed by atoms with Gasteiger partial charge in [-0.25, -0.2) is 0 Å². The molecule has 0 spiro atoms. The average molecular weight is 449 g/mol. The van der Waals surface area contributed by atoms with Crippen LogP contribution in [0.5, 0.6) is 5.75 Å². The topological polar surface area (TPSA) is 72.7 Å². The summed E-state index contributed by atoms with van der Waals surface area (Å²) in [5, 5.41) is 11.2. The normalized spacial score (nSPS) is 14.0. The minimum absolute atomic E-state index is 0.0114. The van der Waals surface area contributed by atoms with Crippen LogP contribution in [0.15, 0.2) is 66.7 Å². The molecular weight excluding hydrogens is 428 g/mol. The van der Waals surface area contributed by atoms with Crippen LogP contribution < -0.4 is 9.64 Å². The van der Waals surface area contributed by atoms with Gasteiger partial charge in [-0.1, -0.05) is 42.8 Å². The van der Waals surface area contributed by atoms with Gasteiger partial charge in [-0.15, -0.1) is 0 Å². The predicted molar refractivity (Wildman–Crippen MR) is 126 cm³/mol. The van der Waals surface area contributed by atoms with E-state index in [4.69, 9.17) is 16.3 Å². The maximum atomic E-state index is 13.0. The zero-order valence-electron chi connectivity index (χ0n) is 17.5. The van der Waals surface area contributed by atoms with Gasteiger partial charge in [0.25, 0.3) is 11.6 Å². The Hall–Kier alpha value is -3.64. The molecule has 1 heterocycles. The Labute approximate surface area is 190 Å². The number of carbonyl (C=O) groups excluding carboxylic acids is 1.